The van der Waals surface area contributed by atoms with Crippen LogP contribution < -0.4 is 26.4 Å². The number of carbonyl (C=O) groups is 2. The first-order valence-electron chi connectivity index (χ1n) is 10.2. The highest BCUT2D eigenvalue weighted by Crippen LogP contribution is 2.21. The van der Waals surface area contributed by atoms with E-state index in [1.54, 1.807) is 25.1 Å². The van der Waals surface area contributed by atoms with Gasteiger partial charge in [0.1, 0.15) is 11.8 Å². The average Bonchev–Trinajstić information content (AvgIpc) is 2.81. The molecule has 12 nitrogen and oxygen atoms in total. The first kappa shape index (κ1) is 22.7. The van der Waals surface area contributed by atoms with Gasteiger partial charge in [0.05, 0.1) is 5.69 Å². The summed E-state index contributed by atoms with van der Waals surface area (Å²) in [5.41, 5.74) is 1.26. The van der Waals surface area contributed by atoms with Gasteiger partial charge in [-0.3, -0.25) is 19.8 Å². The molecule has 0 unspecified atom stereocenters. The lowest BCUT2D eigenvalue weighted by Crippen LogP contribution is -2.46. The fourth-order valence-corrected chi connectivity index (χ4v) is 3.38. The Labute approximate surface area is 184 Å². The van der Waals surface area contributed by atoms with Crippen LogP contribution in [0, 0.1) is 11.3 Å². The number of urea groups is 1. The van der Waals surface area contributed by atoms with Crippen molar-refractivity contribution in [1.82, 2.24) is 30.7 Å². The second-order valence-corrected chi connectivity index (χ2v) is 7.11. The second kappa shape index (κ2) is 10.4. The third kappa shape index (κ3) is 5.38. The van der Waals surface area contributed by atoms with Gasteiger partial charge < -0.3 is 15.5 Å². The van der Waals surface area contributed by atoms with Gasteiger partial charge in [0.15, 0.2) is 11.5 Å². The summed E-state index contributed by atoms with van der Waals surface area (Å²) < 4.78 is 0. The van der Waals surface area contributed by atoms with Crippen molar-refractivity contribution >= 4 is 23.4 Å². The van der Waals surface area contributed by atoms with Crippen molar-refractivity contribution in [3.63, 3.8) is 0 Å². The van der Waals surface area contributed by atoms with Crippen LogP contribution in [0.25, 0.3) is 0 Å². The largest absolute Gasteiger partial charge is 0.367 e. The minimum atomic E-state index is -0.393. The lowest BCUT2D eigenvalue weighted by atomic mass is 10.2. The summed E-state index contributed by atoms with van der Waals surface area (Å²) in [7, 11) is 1.51. The van der Waals surface area contributed by atoms with Crippen molar-refractivity contribution in [2.24, 2.45) is 0 Å². The lowest BCUT2D eigenvalue weighted by Gasteiger charge is -2.36. The molecule has 0 radical (unpaired) electrons. The molecule has 0 aliphatic carbocycles. The Bertz CT molecular complexity index is 1080. The van der Waals surface area contributed by atoms with Gasteiger partial charge in [-0.05, 0) is 25.1 Å². The lowest BCUT2D eigenvalue weighted by molar-refractivity contribution is 0.0958. The van der Waals surface area contributed by atoms with Crippen LogP contribution in [0.1, 0.15) is 28.7 Å². The quantitative estimate of drug-likeness (QED) is 0.484. The second-order valence-electron chi connectivity index (χ2n) is 7.11. The molecule has 0 saturated carbocycles. The highest BCUT2D eigenvalue weighted by molar-refractivity contribution is 5.92. The van der Waals surface area contributed by atoms with E-state index in [0.29, 0.717) is 50.5 Å². The maximum Gasteiger partial charge on any atom is 0.320 e. The van der Waals surface area contributed by atoms with Crippen LogP contribution in [0.2, 0.25) is 0 Å². The molecule has 168 valence electrons. The molecule has 32 heavy (non-hydrogen) atoms. The SMILES string of the molecule is CCNC(=O)Nc1cc(CN2CCN(c3ccc(C(=O)NC)nc3C#N)CC2)c(=O)[nH]n1. The van der Waals surface area contributed by atoms with Crippen molar-refractivity contribution in [3.05, 3.63) is 45.5 Å². The number of hydrogen-bond donors (Lipinski definition) is 4. The zero-order chi connectivity index (χ0) is 23.1. The van der Waals surface area contributed by atoms with Crippen LogP contribution in [0.3, 0.4) is 0 Å². The van der Waals surface area contributed by atoms with E-state index < -0.39 is 6.03 Å². The van der Waals surface area contributed by atoms with Gasteiger partial charge in [-0.2, -0.15) is 10.4 Å². The zero-order valence-corrected chi connectivity index (χ0v) is 17.9. The molecule has 2 aromatic heterocycles. The predicted molar refractivity (Wildman–Crippen MR) is 117 cm³/mol. The van der Waals surface area contributed by atoms with Crippen molar-refractivity contribution < 1.29 is 9.59 Å². The molecular formula is C20H25N9O3. The first-order chi connectivity index (χ1) is 15.4. The summed E-state index contributed by atoms with van der Waals surface area (Å²) >= 11 is 0. The van der Waals surface area contributed by atoms with Crippen molar-refractivity contribution in [2.45, 2.75) is 13.5 Å². The summed E-state index contributed by atoms with van der Waals surface area (Å²) in [6.07, 6.45) is 0. The molecule has 4 N–H and O–H groups in total. The number of H-pyrrole nitrogens is 1. The third-order valence-electron chi connectivity index (χ3n) is 5.01. The zero-order valence-electron chi connectivity index (χ0n) is 17.9. The highest BCUT2D eigenvalue weighted by atomic mass is 16.2. The van der Waals surface area contributed by atoms with Gasteiger partial charge in [0.25, 0.3) is 11.5 Å². The van der Waals surface area contributed by atoms with Gasteiger partial charge in [-0.1, -0.05) is 0 Å². The third-order valence-corrected chi connectivity index (χ3v) is 5.01. The molecule has 3 rings (SSSR count). The molecule has 1 aliphatic heterocycles. The number of pyridine rings is 1. The molecule has 0 aromatic carbocycles. The molecule has 0 atom stereocenters. The minimum absolute atomic E-state index is 0.195. The number of aromatic amines is 1. The molecule has 1 aliphatic rings. The van der Waals surface area contributed by atoms with E-state index in [0.717, 1.165) is 0 Å². The van der Waals surface area contributed by atoms with Crippen LogP contribution in [0.15, 0.2) is 23.0 Å². The number of nitrogens with one attached hydrogen (secondary N) is 4. The van der Waals surface area contributed by atoms with E-state index in [1.165, 1.54) is 7.05 Å². The van der Waals surface area contributed by atoms with Crippen LogP contribution in [0.5, 0.6) is 0 Å². The Kier molecular flexibility index (Phi) is 7.35. The molecule has 2 aromatic rings. The Morgan fingerprint density at radius 1 is 1.25 bits per heavy atom. The highest BCUT2D eigenvalue weighted by Gasteiger charge is 2.22. The molecule has 12 heteroatoms. The Hall–Kier alpha value is -3.98. The number of piperazine rings is 1. The van der Waals surface area contributed by atoms with E-state index in [4.69, 9.17) is 0 Å². The van der Waals surface area contributed by atoms with E-state index >= 15 is 0 Å². The summed E-state index contributed by atoms with van der Waals surface area (Å²) in [4.78, 5) is 43.9. The number of rotatable bonds is 6. The predicted octanol–water partition coefficient (Wildman–Crippen LogP) is -0.140. The van der Waals surface area contributed by atoms with Gasteiger partial charge in [-0.15, -0.1) is 0 Å². The fraction of sp³-hybridized carbons (Fsp3) is 0.400. The molecule has 3 amide bonds. The summed E-state index contributed by atoms with van der Waals surface area (Å²) in [6.45, 7) is 5.24. The van der Waals surface area contributed by atoms with Gasteiger partial charge >= 0.3 is 6.03 Å². The van der Waals surface area contributed by atoms with Gasteiger partial charge in [-0.25, -0.2) is 14.9 Å². The molecular weight excluding hydrogens is 414 g/mol. The Morgan fingerprint density at radius 3 is 2.66 bits per heavy atom. The average molecular weight is 439 g/mol. The first-order valence-corrected chi connectivity index (χ1v) is 10.2. The van der Waals surface area contributed by atoms with E-state index in [9.17, 15) is 19.6 Å². The topological polar surface area (TPSA) is 159 Å². The standard InChI is InChI=1S/C20H25N9O3/c1-3-23-20(32)25-17-10-13(18(30)27-26-17)12-28-6-8-29(9-7-28)16-5-4-14(19(31)22-2)24-15(16)11-21/h4-5,10H,3,6-9,12H2,1-2H3,(H,22,31)(H,27,30)(H2,23,25,26,32). The van der Waals surface area contributed by atoms with Gasteiger partial charge in [0.2, 0.25) is 0 Å². The molecule has 0 spiro atoms. The Balaban J connectivity index is 1.64. The van der Waals surface area contributed by atoms with Crippen LogP contribution in [0.4, 0.5) is 16.3 Å². The van der Waals surface area contributed by atoms with Crippen LogP contribution in [-0.4, -0.2) is 71.8 Å². The van der Waals surface area contributed by atoms with E-state index in [-0.39, 0.29) is 28.7 Å². The van der Waals surface area contributed by atoms with E-state index in [2.05, 4.69) is 42.1 Å². The fourth-order valence-electron chi connectivity index (χ4n) is 3.38. The monoisotopic (exact) mass is 439 g/mol. The number of carbonyl (C=O) groups excluding carboxylic acids is 2. The van der Waals surface area contributed by atoms with Crippen molar-refractivity contribution in [1.29, 1.82) is 5.26 Å². The number of nitrogens with zero attached hydrogens (tertiary/aromatic N) is 5. The normalized spacial score (nSPS) is 13.8. The number of amides is 3. The van der Waals surface area contributed by atoms with Crippen molar-refractivity contribution in [2.75, 3.05) is 50.0 Å². The summed E-state index contributed by atoms with van der Waals surface area (Å²) in [5, 5.41) is 23.4. The smallest absolute Gasteiger partial charge is 0.320 e. The van der Waals surface area contributed by atoms with Crippen LogP contribution >= 0.6 is 0 Å². The van der Waals surface area contributed by atoms with Gasteiger partial charge in [0, 0.05) is 51.9 Å². The maximum absolute atomic E-state index is 12.2. The molecule has 3 heterocycles. The van der Waals surface area contributed by atoms with E-state index in [1.807, 2.05) is 4.90 Å². The number of nitriles is 1. The van der Waals surface area contributed by atoms with Crippen LogP contribution in [-0.2, 0) is 6.54 Å². The molecule has 1 fully saturated rings. The number of hydrogen-bond acceptors (Lipinski definition) is 8. The summed E-state index contributed by atoms with van der Waals surface area (Å²) in [5.74, 6) is -0.0772. The Morgan fingerprint density at radius 2 is 2.00 bits per heavy atom. The number of aromatic nitrogens is 3. The maximum atomic E-state index is 12.2. The minimum Gasteiger partial charge on any atom is -0.367 e. The summed E-state index contributed by atoms with van der Waals surface area (Å²) in [6, 6.07) is 6.57. The molecule has 0 bridgehead atoms. The van der Waals surface area contributed by atoms with Crippen molar-refractivity contribution in [3.8, 4) is 6.07 Å². The molecule has 1 saturated heterocycles. The number of anilines is 2.